The molecule has 0 bridgehead atoms. The largest absolute Gasteiger partial charge is 0.462 e. The van der Waals surface area contributed by atoms with Gasteiger partial charge in [0, 0.05) is 6.42 Å². The number of amides is 1. The van der Waals surface area contributed by atoms with E-state index in [0.717, 1.165) is 77.0 Å². The topological polar surface area (TPSA) is 95.9 Å². The van der Waals surface area contributed by atoms with E-state index >= 15 is 0 Å². The second-order valence-corrected chi connectivity index (χ2v) is 16.9. The van der Waals surface area contributed by atoms with Crippen molar-refractivity contribution in [3.05, 3.63) is 36.5 Å². The number of rotatable bonds is 44. The van der Waals surface area contributed by atoms with Gasteiger partial charge in [-0.05, 0) is 44.9 Å². The minimum Gasteiger partial charge on any atom is -0.462 e. The Balaban J connectivity index is 4.58. The molecule has 0 radical (unpaired) electrons. The average Bonchev–Trinajstić information content (AvgIpc) is 3.20. The van der Waals surface area contributed by atoms with E-state index in [-0.39, 0.29) is 24.9 Å². The van der Waals surface area contributed by atoms with Crippen LogP contribution in [0.2, 0.25) is 0 Å². The van der Waals surface area contributed by atoms with Crippen molar-refractivity contribution in [2.75, 3.05) is 6.61 Å². The van der Waals surface area contributed by atoms with Gasteiger partial charge in [0.05, 0.1) is 25.2 Å². The highest BCUT2D eigenvalue weighted by Crippen LogP contribution is 2.18. The molecule has 3 unspecified atom stereocenters. The molecule has 0 saturated heterocycles. The van der Waals surface area contributed by atoms with Crippen LogP contribution in [0.25, 0.3) is 0 Å². The Morgan fingerprint density at radius 1 is 0.526 bits per heavy atom. The predicted octanol–water partition coefficient (Wildman–Crippen LogP) is 14.5. The van der Waals surface area contributed by atoms with Gasteiger partial charge in [0.25, 0.3) is 0 Å². The van der Waals surface area contributed by atoms with Gasteiger partial charge in [-0.3, -0.25) is 9.59 Å². The Bertz CT molecular complexity index is 946. The summed E-state index contributed by atoms with van der Waals surface area (Å²) < 4.78 is 5.92. The highest BCUT2D eigenvalue weighted by atomic mass is 16.5. The van der Waals surface area contributed by atoms with Crippen LogP contribution in [0.15, 0.2) is 36.5 Å². The fourth-order valence-corrected chi connectivity index (χ4v) is 7.55. The lowest BCUT2D eigenvalue weighted by Gasteiger charge is -2.24. The van der Waals surface area contributed by atoms with Crippen LogP contribution in [0, 0.1) is 0 Å². The fraction of sp³-hybridized carbons (Fsp3) is 0.843. The monoisotopic (exact) mass is 802 g/mol. The Morgan fingerprint density at radius 3 is 1.42 bits per heavy atom. The highest BCUT2D eigenvalue weighted by Gasteiger charge is 2.24. The molecule has 0 aromatic carbocycles. The number of aliphatic hydroxyl groups excluding tert-OH is 2. The molecule has 6 nitrogen and oxygen atoms in total. The SMILES string of the molecule is CC/C=C/C=C/C=C\CCCCCCCC(=O)OC(CCCCCCCCCCCCCCCCCC)CC(=O)NC(CO)C(O)CCCCCCCCCCC. The number of nitrogens with one attached hydrogen (secondary N) is 1. The first kappa shape index (κ1) is 55.1. The summed E-state index contributed by atoms with van der Waals surface area (Å²) in [6.45, 7) is 6.34. The molecular formula is C51H95NO5. The molecule has 0 rings (SSSR count). The molecule has 6 heteroatoms. The molecule has 0 aliphatic heterocycles. The van der Waals surface area contributed by atoms with Gasteiger partial charge in [-0.15, -0.1) is 0 Å². The van der Waals surface area contributed by atoms with Crippen LogP contribution in [0.3, 0.4) is 0 Å². The molecule has 0 aliphatic carbocycles. The minimum absolute atomic E-state index is 0.0727. The van der Waals surface area contributed by atoms with Crippen LogP contribution >= 0.6 is 0 Å². The smallest absolute Gasteiger partial charge is 0.306 e. The molecule has 3 N–H and O–H groups in total. The maximum atomic E-state index is 13.2. The van der Waals surface area contributed by atoms with Gasteiger partial charge in [0.15, 0.2) is 0 Å². The number of hydrogen-bond donors (Lipinski definition) is 3. The summed E-state index contributed by atoms with van der Waals surface area (Å²) in [6.07, 6.45) is 52.1. The molecular weight excluding hydrogens is 707 g/mol. The van der Waals surface area contributed by atoms with Crippen LogP contribution in [0.4, 0.5) is 0 Å². The summed E-state index contributed by atoms with van der Waals surface area (Å²) in [5, 5.41) is 23.6. The fourth-order valence-electron chi connectivity index (χ4n) is 7.55. The predicted molar refractivity (Wildman–Crippen MR) is 246 cm³/mol. The van der Waals surface area contributed by atoms with Crippen molar-refractivity contribution in [3.63, 3.8) is 0 Å². The zero-order valence-corrected chi connectivity index (χ0v) is 38.0. The Kier molecular flexibility index (Phi) is 43.6. The maximum Gasteiger partial charge on any atom is 0.306 e. The summed E-state index contributed by atoms with van der Waals surface area (Å²) in [7, 11) is 0. The molecule has 0 aromatic heterocycles. The second kappa shape index (κ2) is 45.2. The number of allylic oxidation sites excluding steroid dienone is 6. The number of aliphatic hydroxyl groups is 2. The first-order valence-corrected chi connectivity index (χ1v) is 24.7. The number of unbranched alkanes of at least 4 members (excludes halogenated alkanes) is 28. The molecule has 0 fully saturated rings. The molecule has 1 amide bonds. The number of ether oxygens (including phenoxy) is 1. The van der Waals surface area contributed by atoms with Crippen LogP contribution < -0.4 is 5.32 Å². The first-order chi connectivity index (χ1) is 28.0. The summed E-state index contributed by atoms with van der Waals surface area (Å²) in [5.74, 6) is -0.489. The van der Waals surface area contributed by atoms with Crippen molar-refractivity contribution >= 4 is 11.9 Å². The molecule has 3 atom stereocenters. The van der Waals surface area contributed by atoms with Gasteiger partial charge in [-0.2, -0.15) is 0 Å². The molecule has 334 valence electrons. The third-order valence-electron chi connectivity index (χ3n) is 11.3. The van der Waals surface area contributed by atoms with Gasteiger partial charge in [-0.1, -0.05) is 231 Å². The van der Waals surface area contributed by atoms with Crippen molar-refractivity contribution in [1.82, 2.24) is 5.32 Å². The Hall–Kier alpha value is -1.92. The third kappa shape index (κ3) is 40.6. The van der Waals surface area contributed by atoms with Crippen molar-refractivity contribution in [1.29, 1.82) is 0 Å². The lowest BCUT2D eigenvalue weighted by Crippen LogP contribution is -2.46. The van der Waals surface area contributed by atoms with E-state index in [9.17, 15) is 19.8 Å². The van der Waals surface area contributed by atoms with Gasteiger partial charge in [0.1, 0.15) is 6.10 Å². The summed E-state index contributed by atoms with van der Waals surface area (Å²) in [6, 6.07) is -0.701. The summed E-state index contributed by atoms with van der Waals surface area (Å²) in [4.78, 5) is 26.1. The van der Waals surface area contributed by atoms with Crippen molar-refractivity contribution in [3.8, 4) is 0 Å². The zero-order valence-electron chi connectivity index (χ0n) is 38.0. The summed E-state index contributed by atoms with van der Waals surface area (Å²) in [5.41, 5.74) is 0. The van der Waals surface area contributed by atoms with Crippen LogP contribution in [-0.4, -0.2) is 46.9 Å². The molecule has 57 heavy (non-hydrogen) atoms. The van der Waals surface area contributed by atoms with Crippen LogP contribution in [0.5, 0.6) is 0 Å². The molecule has 0 heterocycles. The van der Waals surface area contributed by atoms with Crippen molar-refractivity contribution in [2.45, 2.75) is 270 Å². The van der Waals surface area contributed by atoms with Gasteiger partial charge < -0.3 is 20.3 Å². The number of hydrogen-bond acceptors (Lipinski definition) is 5. The lowest BCUT2D eigenvalue weighted by molar-refractivity contribution is -0.151. The second-order valence-electron chi connectivity index (χ2n) is 16.9. The van der Waals surface area contributed by atoms with Crippen LogP contribution in [-0.2, 0) is 14.3 Å². The number of carbonyl (C=O) groups is 2. The molecule has 0 spiro atoms. The lowest BCUT2D eigenvalue weighted by atomic mass is 10.0. The number of carbonyl (C=O) groups excluding carboxylic acids is 2. The van der Waals surface area contributed by atoms with Crippen LogP contribution in [0.1, 0.15) is 252 Å². The van der Waals surface area contributed by atoms with E-state index in [0.29, 0.717) is 19.3 Å². The quantitative estimate of drug-likeness (QED) is 0.0324. The van der Waals surface area contributed by atoms with Gasteiger partial charge in [-0.25, -0.2) is 0 Å². The normalized spacial score (nSPS) is 13.6. The van der Waals surface area contributed by atoms with E-state index in [1.165, 1.54) is 128 Å². The Labute approximate surface area is 353 Å². The molecule has 0 saturated carbocycles. The van der Waals surface area contributed by atoms with E-state index in [4.69, 9.17) is 4.74 Å². The van der Waals surface area contributed by atoms with Crippen molar-refractivity contribution in [2.24, 2.45) is 0 Å². The zero-order chi connectivity index (χ0) is 41.7. The van der Waals surface area contributed by atoms with E-state index in [1.54, 1.807) is 0 Å². The van der Waals surface area contributed by atoms with Gasteiger partial charge in [0.2, 0.25) is 5.91 Å². The van der Waals surface area contributed by atoms with E-state index < -0.39 is 18.2 Å². The van der Waals surface area contributed by atoms with E-state index in [2.05, 4.69) is 62.5 Å². The van der Waals surface area contributed by atoms with E-state index in [1.807, 2.05) is 0 Å². The van der Waals surface area contributed by atoms with Gasteiger partial charge >= 0.3 is 5.97 Å². The standard InChI is InChI=1S/C51H95NO5/c1-4-7-10-13-16-19-21-23-24-25-27-28-31-33-36-39-42-47(57-51(56)44-41-38-35-32-29-26-22-20-17-14-11-8-5-2)45-50(55)52-48(46-53)49(54)43-40-37-34-30-18-15-12-9-6-3/h8,11,14,17,20,22,47-49,53-54H,4-7,9-10,12-13,15-16,18-19,21,23-46H2,1-3H3,(H,52,55)/b11-8+,17-14+,22-20-. The first-order valence-electron chi connectivity index (χ1n) is 24.7. The van der Waals surface area contributed by atoms with Crippen molar-refractivity contribution < 1.29 is 24.5 Å². The Morgan fingerprint density at radius 2 is 0.947 bits per heavy atom. The maximum absolute atomic E-state index is 13.2. The molecule has 0 aromatic rings. The minimum atomic E-state index is -0.786. The summed E-state index contributed by atoms with van der Waals surface area (Å²) >= 11 is 0. The average molecular weight is 802 g/mol. The molecule has 0 aliphatic rings. The highest BCUT2D eigenvalue weighted by molar-refractivity contribution is 5.77. The number of esters is 1. The third-order valence-corrected chi connectivity index (χ3v) is 11.3.